The van der Waals surface area contributed by atoms with Crippen LogP contribution >= 0.6 is 24.0 Å². The first-order chi connectivity index (χ1) is 20.2. The van der Waals surface area contributed by atoms with Crippen LogP contribution in [0.1, 0.15) is 31.8 Å². The summed E-state index contributed by atoms with van der Waals surface area (Å²) < 4.78 is 16.6. The summed E-state index contributed by atoms with van der Waals surface area (Å²) >= 11 is 6.25. The summed E-state index contributed by atoms with van der Waals surface area (Å²) in [5.74, 6) is 0.523. The van der Waals surface area contributed by atoms with Crippen LogP contribution in [-0.4, -0.2) is 75.1 Å². The van der Waals surface area contributed by atoms with Crippen LogP contribution in [0, 0.1) is 0 Å². The summed E-state index contributed by atoms with van der Waals surface area (Å²) in [4.78, 5) is 33.9. The lowest BCUT2D eigenvalue weighted by atomic mass is 10.1. The van der Waals surface area contributed by atoms with Gasteiger partial charge in [-0.25, -0.2) is 0 Å². The zero-order valence-electron chi connectivity index (χ0n) is 24.3. The van der Waals surface area contributed by atoms with E-state index in [1.165, 1.54) is 0 Å². The number of hydrogen-bond donors (Lipinski definition) is 3. The molecule has 230 valence electrons. The highest BCUT2D eigenvalue weighted by molar-refractivity contribution is 6.34. The minimum absolute atomic E-state index is 0. The normalized spacial score (nSPS) is 13.4. The Balaban J connectivity index is 0.00000506. The number of ether oxygens (including phenoxy) is 3. The van der Waals surface area contributed by atoms with Crippen LogP contribution in [0.5, 0.6) is 17.2 Å². The molecule has 11 nitrogen and oxygen atoms in total. The predicted molar refractivity (Wildman–Crippen MR) is 170 cm³/mol. The maximum Gasteiger partial charge on any atom is 0.280 e. The molecular weight excluding hydrogens is 595 g/mol. The van der Waals surface area contributed by atoms with E-state index in [0.717, 1.165) is 37.3 Å². The molecular formula is C30H36Cl2N6O5. The lowest BCUT2D eigenvalue weighted by Gasteiger charge is -2.35. The van der Waals surface area contributed by atoms with Crippen LogP contribution in [-0.2, 0) is 13.1 Å². The van der Waals surface area contributed by atoms with Crippen LogP contribution in [0.3, 0.4) is 0 Å². The molecule has 0 aliphatic carbocycles. The third kappa shape index (κ3) is 8.29. The molecule has 13 heteroatoms. The Morgan fingerprint density at radius 1 is 0.860 bits per heavy atom. The quantitative estimate of drug-likeness (QED) is 0.225. The summed E-state index contributed by atoms with van der Waals surface area (Å²) in [7, 11) is 4.81. The van der Waals surface area contributed by atoms with Crippen molar-refractivity contribution in [1.29, 1.82) is 0 Å². The van der Waals surface area contributed by atoms with Crippen molar-refractivity contribution in [2.24, 2.45) is 16.5 Å². The molecule has 0 aromatic heterocycles. The monoisotopic (exact) mass is 630 g/mol. The number of carbonyl (C=O) groups is 2. The van der Waals surface area contributed by atoms with Crippen LogP contribution in [0.25, 0.3) is 0 Å². The summed E-state index contributed by atoms with van der Waals surface area (Å²) in [6.45, 7) is 4.48. The molecule has 0 bridgehead atoms. The fourth-order valence-electron chi connectivity index (χ4n) is 4.86. The van der Waals surface area contributed by atoms with E-state index >= 15 is 0 Å². The Hall–Kier alpha value is -4.03. The van der Waals surface area contributed by atoms with Gasteiger partial charge in [0.25, 0.3) is 11.8 Å². The Morgan fingerprint density at radius 3 is 2.05 bits per heavy atom. The number of rotatable bonds is 10. The van der Waals surface area contributed by atoms with Gasteiger partial charge in [-0.3, -0.25) is 19.4 Å². The highest BCUT2D eigenvalue weighted by Crippen LogP contribution is 2.40. The summed E-state index contributed by atoms with van der Waals surface area (Å²) in [5, 5.41) is 3.25. The Labute approximate surface area is 262 Å². The Bertz CT molecular complexity index is 1470. The second kappa shape index (κ2) is 15.4. The minimum Gasteiger partial charge on any atom is -0.493 e. The number of amides is 2. The molecule has 3 aromatic carbocycles. The number of nitrogens with zero attached hydrogens (tertiary/aromatic N) is 3. The standard InChI is InChI=1S/C30H35ClN6O5.ClH/c1-40-25-11-10-21(26(41-2)27(25)42-3)18-37-14-12-36(13-15-37)17-20-9-8-19(28(38)35-30(32)33)16-24(20)34-29(39)22-6-4-5-7-23(22)31;/h4-11,16H,12-15,17-18H2,1-3H3,(H,34,39)(H4,32,33,35,38);1H. The third-order valence-electron chi connectivity index (χ3n) is 6.99. The number of methoxy groups -OCH3 is 3. The second-order valence-electron chi connectivity index (χ2n) is 9.69. The Kier molecular flexibility index (Phi) is 12.0. The lowest BCUT2D eigenvalue weighted by molar-refractivity contribution is 0.0998. The van der Waals surface area contributed by atoms with Gasteiger partial charge in [0.1, 0.15) is 0 Å². The SMILES string of the molecule is COc1ccc(CN2CCN(Cc3ccc(C(=O)N=C(N)N)cc3NC(=O)c3ccccc3Cl)CC2)c(OC)c1OC.Cl. The smallest absolute Gasteiger partial charge is 0.280 e. The Morgan fingerprint density at radius 2 is 1.47 bits per heavy atom. The molecule has 2 amide bonds. The van der Waals surface area contributed by atoms with Gasteiger partial charge in [-0.15, -0.1) is 12.4 Å². The van der Waals surface area contributed by atoms with Gasteiger partial charge in [0.05, 0.1) is 31.9 Å². The molecule has 1 fully saturated rings. The highest BCUT2D eigenvalue weighted by atomic mass is 35.5. The molecule has 0 unspecified atom stereocenters. The predicted octanol–water partition coefficient (Wildman–Crippen LogP) is 3.77. The van der Waals surface area contributed by atoms with Gasteiger partial charge < -0.3 is 31.0 Å². The number of guanidine groups is 1. The number of carbonyl (C=O) groups excluding carboxylic acids is 2. The van der Waals surface area contributed by atoms with E-state index in [2.05, 4.69) is 20.1 Å². The van der Waals surface area contributed by atoms with Gasteiger partial charge in [0.2, 0.25) is 5.75 Å². The molecule has 0 atom stereocenters. The maximum atomic E-state index is 13.1. The number of nitrogens with one attached hydrogen (secondary N) is 1. The molecule has 1 aliphatic rings. The fourth-order valence-corrected chi connectivity index (χ4v) is 5.08. The molecule has 5 N–H and O–H groups in total. The molecule has 1 aliphatic heterocycles. The summed E-state index contributed by atoms with van der Waals surface area (Å²) in [6.07, 6.45) is 0. The van der Waals surface area contributed by atoms with Gasteiger partial charge >= 0.3 is 0 Å². The number of piperazine rings is 1. The lowest BCUT2D eigenvalue weighted by Crippen LogP contribution is -2.45. The van der Waals surface area contributed by atoms with Crippen LogP contribution in [0.2, 0.25) is 5.02 Å². The summed E-state index contributed by atoms with van der Waals surface area (Å²) in [5.41, 5.74) is 13.7. The number of benzene rings is 3. The molecule has 1 heterocycles. The van der Waals surface area contributed by atoms with Crippen LogP contribution < -0.4 is 31.0 Å². The van der Waals surface area contributed by atoms with Gasteiger partial charge in [-0.2, -0.15) is 4.99 Å². The zero-order chi connectivity index (χ0) is 30.2. The molecule has 0 spiro atoms. The van der Waals surface area contributed by atoms with Gasteiger partial charge in [0, 0.05) is 56.1 Å². The van der Waals surface area contributed by atoms with Gasteiger partial charge in [-0.1, -0.05) is 35.9 Å². The third-order valence-corrected chi connectivity index (χ3v) is 7.32. The summed E-state index contributed by atoms with van der Waals surface area (Å²) in [6, 6.07) is 15.7. The van der Waals surface area contributed by atoms with E-state index in [1.807, 2.05) is 12.1 Å². The maximum absolute atomic E-state index is 13.1. The largest absolute Gasteiger partial charge is 0.493 e. The van der Waals surface area contributed by atoms with Gasteiger partial charge in [-0.05, 0) is 35.9 Å². The van der Waals surface area contributed by atoms with E-state index in [-0.39, 0.29) is 29.8 Å². The average Bonchev–Trinajstić information content (AvgIpc) is 2.98. The molecule has 1 saturated heterocycles. The number of anilines is 1. The molecule has 3 aromatic rings. The first-order valence-electron chi connectivity index (χ1n) is 13.3. The van der Waals surface area contributed by atoms with Crippen molar-refractivity contribution in [3.63, 3.8) is 0 Å². The zero-order valence-corrected chi connectivity index (χ0v) is 25.8. The number of halogens is 2. The number of aliphatic imine (C=N–C) groups is 1. The van der Waals surface area contributed by atoms with Crippen LogP contribution in [0.15, 0.2) is 59.6 Å². The molecule has 43 heavy (non-hydrogen) atoms. The molecule has 0 radical (unpaired) electrons. The molecule has 0 saturated carbocycles. The first-order valence-corrected chi connectivity index (χ1v) is 13.7. The molecule has 4 rings (SSSR count). The van der Waals surface area contributed by atoms with E-state index < -0.39 is 5.91 Å². The van der Waals surface area contributed by atoms with E-state index in [9.17, 15) is 9.59 Å². The first kappa shape index (κ1) is 33.5. The van der Waals surface area contributed by atoms with Crippen molar-refractivity contribution >= 4 is 47.5 Å². The van der Waals surface area contributed by atoms with Crippen LogP contribution in [0.4, 0.5) is 5.69 Å². The van der Waals surface area contributed by atoms with Crippen molar-refractivity contribution < 1.29 is 23.8 Å². The van der Waals surface area contributed by atoms with E-state index in [1.54, 1.807) is 63.8 Å². The van der Waals surface area contributed by atoms with E-state index in [0.29, 0.717) is 46.6 Å². The second-order valence-corrected chi connectivity index (χ2v) is 10.1. The average molecular weight is 632 g/mol. The highest BCUT2D eigenvalue weighted by Gasteiger charge is 2.23. The van der Waals surface area contributed by atoms with Gasteiger partial charge in [0.15, 0.2) is 17.5 Å². The van der Waals surface area contributed by atoms with Crippen molar-refractivity contribution in [2.45, 2.75) is 13.1 Å². The van der Waals surface area contributed by atoms with Crippen molar-refractivity contribution in [1.82, 2.24) is 9.80 Å². The van der Waals surface area contributed by atoms with Crippen molar-refractivity contribution in [3.8, 4) is 17.2 Å². The number of hydrogen-bond acceptors (Lipinski definition) is 7. The van der Waals surface area contributed by atoms with Crippen molar-refractivity contribution in [3.05, 3.63) is 81.9 Å². The van der Waals surface area contributed by atoms with E-state index in [4.69, 9.17) is 37.3 Å². The van der Waals surface area contributed by atoms with Crippen molar-refractivity contribution in [2.75, 3.05) is 52.8 Å². The topological polar surface area (TPSA) is 145 Å². The fraction of sp³-hybridized carbons (Fsp3) is 0.300. The number of nitrogens with two attached hydrogens (primary N) is 2. The minimum atomic E-state index is -0.603.